The van der Waals surface area contributed by atoms with Gasteiger partial charge in [0.2, 0.25) is 0 Å². The molecule has 0 heterocycles. The van der Waals surface area contributed by atoms with Crippen LogP contribution in [0.25, 0.3) is 0 Å². The van der Waals surface area contributed by atoms with Crippen molar-refractivity contribution >= 4 is 17.3 Å². The van der Waals surface area contributed by atoms with Crippen molar-refractivity contribution in [3.63, 3.8) is 0 Å². The van der Waals surface area contributed by atoms with Gasteiger partial charge in [0.25, 0.3) is 0 Å². The average molecular weight is 238 g/mol. The Hall–Kier alpha value is -1.75. The fourth-order valence-electron chi connectivity index (χ4n) is 1.28. The molecule has 0 fully saturated rings. The van der Waals surface area contributed by atoms with E-state index in [0.29, 0.717) is 23.5 Å². The van der Waals surface area contributed by atoms with E-state index in [0.717, 1.165) is 0 Å². The molecule has 0 amide bonds. The Balaban J connectivity index is 2.80. The minimum absolute atomic E-state index is 0.370. The molecule has 0 spiro atoms. The Bertz CT molecular complexity index is 411. The van der Waals surface area contributed by atoms with Crippen LogP contribution in [0.4, 0.5) is 11.4 Å². The van der Waals surface area contributed by atoms with Crippen molar-refractivity contribution in [3.05, 3.63) is 23.8 Å². The van der Waals surface area contributed by atoms with E-state index in [9.17, 15) is 9.90 Å². The SMILES string of the molecule is COC(=O)c1ccc(NCC(C)(C)O)c(N)c1. The summed E-state index contributed by atoms with van der Waals surface area (Å²) >= 11 is 0. The summed E-state index contributed by atoms with van der Waals surface area (Å²) in [7, 11) is 1.32. The highest BCUT2D eigenvalue weighted by molar-refractivity contribution is 5.91. The van der Waals surface area contributed by atoms with E-state index >= 15 is 0 Å². The van der Waals surface area contributed by atoms with Gasteiger partial charge in [0.05, 0.1) is 29.6 Å². The van der Waals surface area contributed by atoms with Gasteiger partial charge in [-0.2, -0.15) is 0 Å². The molecule has 4 N–H and O–H groups in total. The maximum absolute atomic E-state index is 11.3. The highest BCUT2D eigenvalue weighted by atomic mass is 16.5. The molecule has 5 heteroatoms. The van der Waals surface area contributed by atoms with Crippen LogP contribution in [0.2, 0.25) is 0 Å². The third kappa shape index (κ3) is 3.96. The van der Waals surface area contributed by atoms with Crippen molar-refractivity contribution in [1.29, 1.82) is 0 Å². The molecule has 1 aromatic carbocycles. The lowest BCUT2D eigenvalue weighted by Crippen LogP contribution is -2.29. The number of nitrogens with two attached hydrogens (primary N) is 1. The molecule has 0 bridgehead atoms. The van der Waals surface area contributed by atoms with E-state index in [1.165, 1.54) is 7.11 Å². The summed E-state index contributed by atoms with van der Waals surface area (Å²) in [6.45, 7) is 3.76. The van der Waals surface area contributed by atoms with Crippen LogP contribution in [0.5, 0.6) is 0 Å². The molecule has 0 radical (unpaired) electrons. The maximum atomic E-state index is 11.3. The summed E-state index contributed by atoms with van der Waals surface area (Å²) in [6, 6.07) is 4.85. The van der Waals surface area contributed by atoms with Gasteiger partial charge in [-0.15, -0.1) is 0 Å². The summed E-state index contributed by atoms with van der Waals surface area (Å²) in [5.41, 5.74) is 6.49. The first kappa shape index (κ1) is 13.3. The summed E-state index contributed by atoms with van der Waals surface area (Å²) in [5, 5.41) is 12.6. The number of esters is 1. The van der Waals surface area contributed by atoms with Crippen LogP contribution < -0.4 is 11.1 Å². The highest BCUT2D eigenvalue weighted by Gasteiger charge is 2.13. The standard InChI is InChI=1S/C12H18N2O3/c1-12(2,16)7-14-10-5-4-8(6-9(10)13)11(15)17-3/h4-6,14,16H,7,13H2,1-3H3. The summed E-state index contributed by atoms with van der Waals surface area (Å²) in [6.07, 6.45) is 0. The van der Waals surface area contributed by atoms with E-state index in [2.05, 4.69) is 10.1 Å². The van der Waals surface area contributed by atoms with Crippen molar-refractivity contribution < 1.29 is 14.6 Å². The van der Waals surface area contributed by atoms with Crippen LogP contribution >= 0.6 is 0 Å². The number of benzene rings is 1. The van der Waals surface area contributed by atoms with Crippen molar-refractivity contribution in [2.24, 2.45) is 0 Å². The van der Waals surface area contributed by atoms with Crippen LogP contribution in [0.15, 0.2) is 18.2 Å². The fourth-order valence-corrected chi connectivity index (χ4v) is 1.28. The van der Waals surface area contributed by atoms with Crippen LogP contribution in [-0.4, -0.2) is 30.3 Å². The van der Waals surface area contributed by atoms with Crippen LogP contribution in [-0.2, 0) is 4.74 Å². The minimum Gasteiger partial charge on any atom is -0.465 e. The molecule has 94 valence electrons. The second-order valence-corrected chi connectivity index (χ2v) is 4.46. The Morgan fingerprint density at radius 1 is 1.53 bits per heavy atom. The van der Waals surface area contributed by atoms with Gasteiger partial charge in [-0.05, 0) is 32.0 Å². The number of carbonyl (C=O) groups is 1. The number of anilines is 2. The third-order valence-electron chi connectivity index (χ3n) is 2.18. The van der Waals surface area contributed by atoms with Crippen molar-refractivity contribution in [3.8, 4) is 0 Å². The average Bonchev–Trinajstić information content (AvgIpc) is 2.25. The first-order chi connectivity index (χ1) is 7.83. The largest absolute Gasteiger partial charge is 0.465 e. The zero-order valence-electron chi connectivity index (χ0n) is 10.3. The number of hydrogen-bond donors (Lipinski definition) is 3. The molecule has 0 aliphatic rings. The summed E-state index contributed by atoms with van der Waals surface area (Å²) in [4.78, 5) is 11.3. The zero-order chi connectivity index (χ0) is 13.1. The molecule has 0 aromatic heterocycles. The Kier molecular flexibility index (Phi) is 3.96. The molecule has 0 aliphatic carbocycles. The number of hydrogen-bond acceptors (Lipinski definition) is 5. The number of ether oxygens (including phenoxy) is 1. The molecular weight excluding hydrogens is 220 g/mol. The number of carbonyl (C=O) groups excluding carboxylic acids is 1. The Morgan fingerprint density at radius 3 is 2.65 bits per heavy atom. The molecule has 1 rings (SSSR count). The monoisotopic (exact) mass is 238 g/mol. The van der Waals surface area contributed by atoms with Gasteiger partial charge in [-0.1, -0.05) is 0 Å². The van der Waals surface area contributed by atoms with Gasteiger partial charge >= 0.3 is 5.97 Å². The van der Waals surface area contributed by atoms with E-state index in [1.807, 2.05) is 0 Å². The van der Waals surface area contributed by atoms with Gasteiger partial charge in [-0.25, -0.2) is 4.79 Å². The third-order valence-corrected chi connectivity index (χ3v) is 2.18. The van der Waals surface area contributed by atoms with Gasteiger partial charge in [0.1, 0.15) is 0 Å². The lowest BCUT2D eigenvalue weighted by Gasteiger charge is -2.19. The number of methoxy groups -OCH3 is 1. The quantitative estimate of drug-likeness (QED) is 0.543. The first-order valence-corrected chi connectivity index (χ1v) is 5.27. The molecule has 0 saturated heterocycles. The molecule has 17 heavy (non-hydrogen) atoms. The molecular formula is C12H18N2O3. The number of rotatable bonds is 4. The molecule has 0 saturated carbocycles. The van der Waals surface area contributed by atoms with E-state index in [-0.39, 0.29) is 0 Å². The lowest BCUT2D eigenvalue weighted by molar-refractivity contribution is 0.0600. The maximum Gasteiger partial charge on any atom is 0.337 e. The van der Waals surface area contributed by atoms with Gasteiger partial charge in [-0.3, -0.25) is 0 Å². The zero-order valence-corrected chi connectivity index (χ0v) is 10.3. The normalized spacial score (nSPS) is 11.1. The molecule has 0 atom stereocenters. The lowest BCUT2D eigenvalue weighted by atomic mass is 10.1. The molecule has 1 aromatic rings. The smallest absolute Gasteiger partial charge is 0.337 e. The van der Waals surface area contributed by atoms with Gasteiger partial charge < -0.3 is 20.9 Å². The Labute approximate surface area is 101 Å². The van der Waals surface area contributed by atoms with Crippen LogP contribution in [0.1, 0.15) is 24.2 Å². The second kappa shape index (κ2) is 5.05. The van der Waals surface area contributed by atoms with Crippen molar-refractivity contribution in [1.82, 2.24) is 0 Å². The predicted molar refractivity (Wildman–Crippen MR) is 67.0 cm³/mol. The molecule has 5 nitrogen and oxygen atoms in total. The van der Waals surface area contributed by atoms with Crippen LogP contribution in [0.3, 0.4) is 0 Å². The second-order valence-electron chi connectivity index (χ2n) is 4.46. The van der Waals surface area contributed by atoms with Gasteiger partial charge in [0, 0.05) is 6.54 Å². The van der Waals surface area contributed by atoms with E-state index < -0.39 is 11.6 Å². The molecule has 0 unspecified atom stereocenters. The van der Waals surface area contributed by atoms with Gasteiger partial charge in [0.15, 0.2) is 0 Å². The van der Waals surface area contributed by atoms with E-state index in [1.54, 1.807) is 32.0 Å². The number of aliphatic hydroxyl groups is 1. The first-order valence-electron chi connectivity index (χ1n) is 5.27. The van der Waals surface area contributed by atoms with Crippen LogP contribution in [0, 0.1) is 0 Å². The van der Waals surface area contributed by atoms with Crippen molar-refractivity contribution in [2.45, 2.75) is 19.4 Å². The summed E-state index contributed by atoms with van der Waals surface area (Å²) in [5.74, 6) is -0.425. The Morgan fingerprint density at radius 2 is 2.18 bits per heavy atom. The number of nitrogen functional groups attached to an aromatic ring is 1. The predicted octanol–water partition coefficient (Wildman–Crippen LogP) is 1.24. The highest BCUT2D eigenvalue weighted by Crippen LogP contribution is 2.21. The minimum atomic E-state index is -0.826. The molecule has 0 aliphatic heterocycles. The topological polar surface area (TPSA) is 84.6 Å². The fraction of sp³-hybridized carbons (Fsp3) is 0.417. The van der Waals surface area contributed by atoms with Crippen molar-refractivity contribution in [2.75, 3.05) is 24.7 Å². The summed E-state index contributed by atoms with van der Waals surface area (Å²) < 4.78 is 4.59. The van der Waals surface area contributed by atoms with E-state index in [4.69, 9.17) is 5.73 Å². The number of nitrogens with one attached hydrogen (secondary N) is 1.